The van der Waals surface area contributed by atoms with E-state index in [1.807, 2.05) is 36.4 Å². The van der Waals surface area contributed by atoms with Crippen LogP contribution >= 0.6 is 11.8 Å². The summed E-state index contributed by atoms with van der Waals surface area (Å²) in [7, 11) is 3.06. The molecule has 6 nitrogen and oxygen atoms in total. The molecule has 7 heteroatoms. The minimum absolute atomic E-state index is 0.320. The summed E-state index contributed by atoms with van der Waals surface area (Å²) in [5.74, 6) is 1.19. The molecule has 0 unspecified atom stereocenters. The number of carbonyl (C=O) groups excluding carboxylic acids is 2. The Morgan fingerprint density at radius 2 is 1.56 bits per heavy atom. The first-order chi connectivity index (χ1) is 15.6. The molecule has 162 valence electrons. The van der Waals surface area contributed by atoms with E-state index in [0.717, 1.165) is 27.8 Å². The van der Waals surface area contributed by atoms with E-state index in [1.165, 1.54) is 7.11 Å². The summed E-state index contributed by atoms with van der Waals surface area (Å²) in [4.78, 5) is 27.0. The van der Waals surface area contributed by atoms with Crippen LogP contribution in [0.15, 0.2) is 77.7 Å². The summed E-state index contributed by atoms with van der Waals surface area (Å²) in [5.41, 5.74) is 2.19. The second-order valence-electron chi connectivity index (χ2n) is 6.87. The zero-order chi connectivity index (χ0) is 22.5. The predicted octanol–water partition coefficient (Wildman–Crippen LogP) is 5.52. The highest BCUT2D eigenvalue weighted by Gasteiger charge is 2.37. The lowest BCUT2D eigenvalue weighted by Crippen LogP contribution is -2.28. The first kappa shape index (κ1) is 21.5. The molecule has 2 amide bonds. The summed E-state index contributed by atoms with van der Waals surface area (Å²) < 4.78 is 16.7. The minimum atomic E-state index is -0.395. The Labute approximate surface area is 190 Å². The number of carbonyl (C=O) groups is 2. The average molecular weight is 448 g/mol. The summed E-state index contributed by atoms with van der Waals surface area (Å²) in [6.07, 6.45) is 1.67. The van der Waals surface area contributed by atoms with Crippen molar-refractivity contribution in [3.8, 4) is 17.2 Å². The maximum Gasteiger partial charge on any atom is 0.298 e. The Kier molecular flexibility index (Phi) is 6.47. The van der Waals surface area contributed by atoms with E-state index in [0.29, 0.717) is 34.4 Å². The zero-order valence-electron chi connectivity index (χ0n) is 17.6. The second-order valence-corrected chi connectivity index (χ2v) is 7.87. The lowest BCUT2D eigenvalue weighted by molar-refractivity contribution is -0.113. The van der Waals surface area contributed by atoms with Gasteiger partial charge in [0.15, 0.2) is 11.5 Å². The van der Waals surface area contributed by atoms with Crippen LogP contribution in [-0.4, -0.2) is 25.4 Å². The van der Waals surface area contributed by atoms with Gasteiger partial charge in [0.1, 0.15) is 12.4 Å². The van der Waals surface area contributed by atoms with Gasteiger partial charge in [0.05, 0.1) is 24.8 Å². The molecule has 1 heterocycles. The molecular formula is C25H21NO5S. The minimum Gasteiger partial charge on any atom is -0.495 e. The summed E-state index contributed by atoms with van der Waals surface area (Å²) in [6, 6.07) is 22.1. The lowest BCUT2D eigenvalue weighted by atomic mass is 10.1. The van der Waals surface area contributed by atoms with Crippen molar-refractivity contribution in [3.63, 3.8) is 0 Å². The zero-order valence-corrected chi connectivity index (χ0v) is 18.4. The van der Waals surface area contributed by atoms with Gasteiger partial charge in [-0.3, -0.25) is 9.59 Å². The van der Waals surface area contributed by atoms with E-state index in [1.54, 1.807) is 49.6 Å². The number of anilines is 1. The quantitative estimate of drug-likeness (QED) is 0.444. The van der Waals surface area contributed by atoms with Crippen LogP contribution in [0.5, 0.6) is 17.2 Å². The van der Waals surface area contributed by atoms with Gasteiger partial charge in [-0.2, -0.15) is 0 Å². The van der Waals surface area contributed by atoms with Crippen LogP contribution in [0.1, 0.15) is 11.1 Å². The maximum absolute atomic E-state index is 13.0. The van der Waals surface area contributed by atoms with Crippen molar-refractivity contribution >= 4 is 34.7 Å². The van der Waals surface area contributed by atoms with E-state index < -0.39 is 5.91 Å². The van der Waals surface area contributed by atoms with Crippen LogP contribution < -0.4 is 19.1 Å². The number of hydrogen-bond donors (Lipinski definition) is 0. The van der Waals surface area contributed by atoms with Gasteiger partial charge in [-0.25, -0.2) is 4.90 Å². The Hall–Kier alpha value is -3.71. The van der Waals surface area contributed by atoms with Crippen molar-refractivity contribution in [2.45, 2.75) is 6.61 Å². The third kappa shape index (κ3) is 4.48. The number of nitrogens with zero attached hydrogens (tertiary/aromatic N) is 1. The third-order valence-corrected chi connectivity index (χ3v) is 5.71. The molecule has 1 aliphatic rings. The number of ether oxygens (including phenoxy) is 3. The van der Waals surface area contributed by atoms with Gasteiger partial charge in [0.2, 0.25) is 0 Å². The van der Waals surface area contributed by atoms with Gasteiger partial charge < -0.3 is 14.2 Å². The molecule has 0 spiro atoms. The SMILES string of the molecule is COc1cc(/C=C2\SC(=O)N(c3ccccc3OC)C2=O)ccc1OCc1ccccc1. The molecule has 3 aromatic carbocycles. The van der Waals surface area contributed by atoms with Crippen molar-refractivity contribution in [2.24, 2.45) is 0 Å². The normalized spacial score (nSPS) is 14.7. The van der Waals surface area contributed by atoms with Gasteiger partial charge in [-0.1, -0.05) is 48.5 Å². The number of thioether (sulfide) groups is 1. The Morgan fingerprint density at radius 1 is 0.844 bits per heavy atom. The van der Waals surface area contributed by atoms with Gasteiger partial charge in [-0.05, 0) is 53.2 Å². The third-order valence-electron chi connectivity index (χ3n) is 4.84. The van der Waals surface area contributed by atoms with Crippen LogP contribution in [0, 0.1) is 0 Å². The highest BCUT2D eigenvalue weighted by Crippen LogP contribution is 2.40. The molecule has 0 bridgehead atoms. The first-order valence-electron chi connectivity index (χ1n) is 9.86. The van der Waals surface area contributed by atoms with Crippen LogP contribution in [0.2, 0.25) is 0 Å². The monoisotopic (exact) mass is 447 g/mol. The van der Waals surface area contributed by atoms with E-state index in [2.05, 4.69) is 0 Å². The summed E-state index contributed by atoms with van der Waals surface area (Å²) >= 11 is 0.887. The molecule has 4 rings (SSSR count). The standard InChI is InChI=1S/C25H21NO5S/c1-29-20-11-7-6-10-19(20)26-24(27)23(32-25(26)28)15-18-12-13-21(22(14-18)30-2)31-16-17-8-4-3-5-9-17/h3-15H,16H2,1-2H3/b23-15-. The smallest absolute Gasteiger partial charge is 0.298 e. The van der Waals surface area contributed by atoms with E-state index in [4.69, 9.17) is 14.2 Å². The van der Waals surface area contributed by atoms with E-state index >= 15 is 0 Å². The average Bonchev–Trinajstić information content (AvgIpc) is 3.11. The Bertz CT molecular complexity index is 1180. The fourth-order valence-electron chi connectivity index (χ4n) is 3.27. The largest absolute Gasteiger partial charge is 0.495 e. The fourth-order valence-corrected chi connectivity index (χ4v) is 4.10. The van der Waals surface area contributed by atoms with Crippen LogP contribution in [0.4, 0.5) is 10.5 Å². The molecule has 0 aromatic heterocycles. The maximum atomic E-state index is 13.0. The van der Waals surface area contributed by atoms with Crippen molar-refractivity contribution in [2.75, 3.05) is 19.1 Å². The molecule has 3 aromatic rings. The number of hydrogen-bond acceptors (Lipinski definition) is 6. The van der Waals surface area contributed by atoms with Crippen LogP contribution in [-0.2, 0) is 11.4 Å². The second kappa shape index (κ2) is 9.62. The molecule has 1 fully saturated rings. The highest BCUT2D eigenvalue weighted by atomic mass is 32.2. The molecule has 32 heavy (non-hydrogen) atoms. The molecule has 0 radical (unpaired) electrons. The Balaban J connectivity index is 1.55. The summed E-state index contributed by atoms with van der Waals surface area (Å²) in [5, 5.41) is -0.375. The molecule has 1 aliphatic heterocycles. The number of imide groups is 1. The highest BCUT2D eigenvalue weighted by molar-refractivity contribution is 8.19. The molecule has 0 aliphatic carbocycles. The number of rotatable bonds is 7. The van der Waals surface area contributed by atoms with Gasteiger partial charge >= 0.3 is 0 Å². The van der Waals surface area contributed by atoms with Gasteiger partial charge in [0.25, 0.3) is 11.1 Å². The number of amides is 2. The molecule has 0 atom stereocenters. The first-order valence-corrected chi connectivity index (χ1v) is 10.7. The summed E-state index contributed by atoms with van der Waals surface area (Å²) in [6.45, 7) is 0.411. The van der Waals surface area contributed by atoms with Crippen molar-refractivity contribution in [3.05, 3.63) is 88.8 Å². The molecule has 0 saturated carbocycles. The van der Waals surface area contributed by atoms with Crippen LogP contribution in [0.25, 0.3) is 6.08 Å². The lowest BCUT2D eigenvalue weighted by Gasteiger charge is -2.15. The van der Waals surface area contributed by atoms with Crippen LogP contribution in [0.3, 0.4) is 0 Å². The molecular weight excluding hydrogens is 426 g/mol. The van der Waals surface area contributed by atoms with Gasteiger partial charge in [-0.15, -0.1) is 0 Å². The van der Waals surface area contributed by atoms with E-state index in [-0.39, 0.29) is 5.24 Å². The van der Waals surface area contributed by atoms with Crippen molar-refractivity contribution in [1.82, 2.24) is 0 Å². The fraction of sp³-hybridized carbons (Fsp3) is 0.120. The number of para-hydroxylation sites is 2. The molecule has 1 saturated heterocycles. The Morgan fingerprint density at radius 3 is 2.31 bits per heavy atom. The van der Waals surface area contributed by atoms with E-state index in [9.17, 15) is 9.59 Å². The number of benzene rings is 3. The predicted molar refractivity (Wildman–Crippen MR) is 125 cm³/mol. The van der Waals surface area contributed by atoms with Crippen molar-refractivity contribution < 1.29 is 23.8 Å². The molecule has 0 N–H and O–H groups in total. The van der Waals surface area contributed by atoms with Gasteiger partial charge in [0, 0.05) is 0 Å². The number of methoxy groups -OCH3 is 2. The topological polar surface area (TPSA) is 65.1 Å². The van der Waals surface area contributed by atoms with Crippen molar-refractivity contribution in [1.29, 1.82) is 0 Å².